The van der Waals surface area contributed by atoms with Crippen molar-refractivity contribution in [2.24, 2.45) is 0 Å². The van der Waals surface area contributed by atoms with Crippen molar-refractivity contribution in [1.82, 2.24) is 0 Å². The van der Waals surface area contributed by atoms with Gasteiger partial charge in [0.25, 0.3) is 0 Å². The van der Waals surface area contributed by atoms with Gasteiger partial charge in [0.05, 0.1) is 0 Å². The molecule has 81 heavy (non-hydrogen) atoms. The molecule has 6 heteroatoms. The fourth-order valence-electron chi connectivity index (χ4n) is 9.07. The summed E-state index contributed by atoms with van der Waals surface area (Å²) in [6.07, 6.45) is 95.9. The molecule has 0 bridgehead atoms. The van der Waals surface area contributed by atoms with Crippen molar-refractivity contribution in [2.75, 3.05) is 13.2 Å². The number of ether oxygens (including phenoxy) is 3. The number of carbonyl (C=O) groups excluding carboxylic acids is 3. The maximum absolute atomic E-state index is 12.9. The van der Waals surface area contributed by atoms with Gasteiger partial charge in [0.2, 0.25) is 0 Å². The third-order valence-electron chi connectivity index (χ3n) is 14.1. The zero-order valence-electron chi connectivity index (χ0n) is 52.8. The highest BCUT2D eigenvalue weighted by atomic mass is 16.6. The summed E-state index contributed by atoms with van der Waals surface area (Å²) in [5.41, 5.74) is 0. The summed E-state index contributed by atoms with van der Waals surface area (Å²) in [5.74, 6) is -0.916. The van der Waals surface area contributed by atoms with Gasteiger partial charge in [-0.3, -0.25) is 14.4 Å². The molecule has 0 saturated carbocycles. The zero-order chi connectivity index (χ0) is 58.5. The Morgan fingerprint density at radius 1 is 0.259 bits per heavy atom. The van der Waals surface area contributed by atoms with Crippen molar-refractivity contribution in [3.05, 3.63) is 134 Å². The summed E-state index contributed by atoms with van der Waals surface area (Å²) < 4.78 is 16.9. The Kier molecular flexibility index (Phi) is 64.3. The van der Waals surface area contributed by atoms with Gasteiger partial charge >= 0.3 is 17.9 Å². The molecule has 0 N–H and O–H groups in total. The maximum Gasteiger partial charge on any atom is 0.306 e. The molecule has 1 unspecified atom stereocenters. The van der Waals surface area contributed by atoms with Gasteiger partial charge in [-0.05, 0) is 141 Å². The lowest BCUT2D eigenvalue weighted by molar-refractivity contribution is -0.167. The molecule has 0 aliphatic rings. The van der Waals surface area contributed by atoms with E-state index in [1.165, 1.54) is 122 Å². The summed E-state index contributed by atoms with van der Waals surface area (Å²) in [6.45, 7) is 6.47. The first-order valence-electron chi connectivity index (χ1n) is 33.7. The molecule has 0 aliphatic heterocycles. The average Bonchev–Trinajstić information content (AvgIpc) is 3.47. The minimum atomic E-state index is -0.797. The zero-order valence-corrected chi connectivity index (χ0v) is 52.8. The van der Waals surface area contributed by atoms with Crippen molar-refractivity contribution in [3.8, 4) is 0 Å². The van der Waals surface area contributed by atoms with E-state index in [2.05, 4.69) is 154 Å². The molecule has 0 saturated heterocycles. The monoisotopic (exact) mass is 1120 g/mol. The fraction of sp³-hybridized carbons (Fsp3) is 0.667. The van der Waals surface area contributed by atoms with E-state index in [4.69, 9.17) is 14.2 Å². The number of esters is 3. The van der Waals surface area contributed by atoms with E-state index < -0.39 is 6.10 Å². The number of rotatable bonds is 60. The summed E-state index contributed by atoms with van der Waals surface area (Å²) in [6, 6.07) is 0. The van der Waals surface area contributed by atoms with E-state index in [-0.39, 0.29) is 31.1 Å². The Morgan fingerprint density at radius 3 is 0.753 bits per heavy atom. The molecule has 0 aromatic heterocycles. The molecule has 6 nitrogen and oxygen atoms in total. The van der Waals surface area contributed by atoms with Crippen LogP contribution < -0.4 is 0 Å². The number of unbranched alkanes of at least 4 members (excludes halogenated alkanes) is 27. The van der Waals surface area contributed by atoms with Crippen molar-refractivity contribution in [1.29, 1.82) is 0 Å². The van der Waals surface area contributed by atoms with Crippen LogP contribution >= 0.6 is 0 Å². The van der Waals surface area contributed by atoms with Gasteiger partial charge in [0.15, 0.2) is 6.10 Å². The smallest absolute Gasteiger partial charge is 0.306 e. The fourth-order valence-corrected chi connectivity index (χ4v) is 9.07. The molecule has 1 atom stereocenters. The van der Waals surface area contributed by atoms with Gasteiger partial charge < -0.3 is 14.2 Å². The van der Waals surface area contributed by atoms with Crippen molar-refractivity contribution < 1.29 is 28.6 Å². The summed E-state index contributed by atoms with van der Waals surface area (Å²) >= 11 is 0. The lowest BCUT2D eigenvalue weighted by Crippen LogP contribution is -2.30. The second-order valence-corrected chi connectivity index (χ2v) is 22.0. The molecule has 0 aliphatic carbocycles. The third-order valence-corrected chi connectivity index (χ3v) is 14.1. The van der Waals surface area contributed by atoms with Crippen molar-refractivity contribution in [3.63, 3.8) is 0 Å². The van der Waals surface area contributed by atoms with Crippen molar-refractivity contribution in [2.45, 2.75) is 309 Å². The van der Waals surface area contributed by atoms with Gasteiger partial charge in [0.1, 0.15) is 13.2 Å². The van der Waals surface area contributed by atoms with Crippen molar-refractivity contribution >= 4 is 17.9 Å². The highest BCUT2D eigenvalue weighted by Crippen LogP contribution is 2.15. The molecule has 0 heterocycles. The van der Waals surface area contributed by atoms with Crippen LogP contribution in [0.1, 0.15) is 303 Å². The molecular formula is C75H124O6. The molecule has 0 amide bonds. The second kappa shape index (κ2) is 68.1. The van der Waals surface area contributed by atoms with Gasteiger partial charge in [0, 0.05) is 19.3 Å². The Balaban J connectivity index is 4.39. The summed E-state index contributed by atoms with van der Waals surface area (Å²) in [4.78, 5) is 38.4. The van der Waals surface area contributed by atoms with Crippen LogP contribution in [0.5, 0.6) is 0 Å². The maximum atomic E-state index is 12.9. The predicted molar refractivity (Wildman–Crippen MR) is 353 cm³/mol. The van der Waals surface area contributed by atoms with E-state index in [0.29, 0.717) is 19.3 Å². The van der Waals surface area contributed by atoms with Gasteiger partial charge in [-0.2, -0.15) is 0 Å². The number of hydrogen-bond acceptors (Lipinski definition) is 6. The van der Waals surface area contributed by atoms with Crippen LogP contribution in [0.2, 0.25) is 0 Å². The van der Waals surface area contributed by atoms with Crippen LogP contribution in [0.4, 0.5) is 0 Å². The first-order valence-corrected chi connectivity index (χ1v) is 33.7. The van der Waals surface area contributed by atoms with Gasteiger partial charge in [-0.15, -0.1) is 0 Å². The number of carbonyl (C=O) groups is 3. The normalized spacial score (nSPS) is 13.0. The van der Waals surface area contributed by atoms with Crippen LogP contribution in [-0.2, 0) is 28.6 Å². The van der Waals surface area contributed by atoms with Crippen LogP contribution in [-0.4, -0.2) is 37.2 Å². The van der Waals surface area contributed by atoms with E-state index in [1.807, 2.05) is 0 Å². The molecule has 0 aromatic rings. The van der Waals surface area contributed by atoms with Crippen LogP contribution in [0.15, 0.2) is 134 Å². The highest BCUT2D eigenvalue weighted by Gasteiger charge is 2.19. The highest BCUT2D eigenvalue weighted by molar-refractivity contribution is 5.71. The summed E-state index contributed by atoms with van der Waals surface area (Å²) in [7, 11) is 0. The third kappa shape index (κ3) is 66.2. The SMILES string of the molecule is CC/C=C\C/C=C\C/C=C\C/C=C\C/C=C\C/C=C\C/C=C\CCCCCCCCCC(=O)OCC(COC(=O)CCCCCCC/C=C\C/C=C\CCCCC)OC(=O)CCCCCCCCCCC/C=C\C/C=C\CCCCC. The van der Waals surface area contributed by atoms with Crippen LogP contribution in [0.3, 0.4) is 0 Å². The van der Waals surface area contributed by atoms with E-state index in [9.17, 15) is 14.4 Å². The van der Waals surface area contributed by atoms with Gasteiger partial charge in [-0.25, -0.2) is 0 Å². The number of hydrogen-bond donors (Lipinski definition) is 0. The first kappa shape index (κ1) is 76.5. The Morgan fingerprint density at radius 2 is 0.481 bits per heavy atom. The lowest BCUT2D eigenvalue weighted by atomic mass is 10.1. The second-order valence-electron chi connectivity index (χ2n) is 22.0. The standard InChI is InChI=1S/C75H124O6/c1-4-7-10-13-16-19-22-25-28-30-32-33-34-35-36-37-38-39-40-41-43-44-47-50-53-56-59-62-65-68-74(77)80-71-72(70-79-73(76)67-64-61-58-55-52-49-46-27-24-21-18-15-12-9-6-3)81-75(78)69-66-63-60-57-54-51-48-45-42-31-29-26-23-20-17-14-11-8-5-2/h7,10,16-21,25-29,32-33,35-36,38-39,41,43,46,72H,4-6,8-9,11-15,22-24,30-31,34,37,40,42,44-45,47-71H2,1-3H3/b10-7-,19-16-,20-17-,21-18-,28-25-,29-26-,33-32-,36-35-,39-38-,43-41-,46-27-. The Hall–Kier alpha value is -4.45. The summed E-state index contributed by atoms with van der Waals surface area (Å²) in [5, 5.41) is 0. The van der Waals surface area contributed by atoms with Crippen LogP contribution in [0.25, 0.3) is 0 Å². The minimum Gasteiger partial charge on any atom is -0.462 e. The molecule has 0 radical (unpaired) electrons. The number of allylic oxidation sites excluding steroid dienone is 22. The average molecular weight is 1120 g/mol. The molecular weight excluding hydrogens is 997 g/mol. The van der Waals surface area contributed by atoms with E-state index in [1.54, 1.807) is 0 Å². The molecule has 460 valence electrons. The van der Waals surface area contributed by atoms with Crippen LogP contribution in [0, 0.1) is 0 Å². The first-order chi connectivity index (χ1) is 40.0. The predicted octanol–water partition coefficient (Wildman–Crippen LogP) is 23.3. The largest absolute Gasteiger partial charge is 0.462 e. The molecule has 0 rings (SSSR count). The Labute approximate surface area is 500 Å². The molecule has 0 aromatic carbocycles. The van der Waals surface area contributed by atoms with Gasteiger partial charge in [-0.1, -0.05) is 276 Å². The molecule has 0 fully saturated rings. The Bertz CT molecular complexity index is 1720. The lowest BCUT2D eigenvalue weighted by Gasteiger charge is -2.18. The quantitative estimate of drug-likeness (QED) is 0.0261. The van der Waals surface area contributed by atoms with E-state index in [0.717, 1.165) is 141 Å². The topological polar surface area (TPSA) is 78.9 Å². The molecule has 0 spiro atoms. The minimum absolute atomic E-state index is 0.0930. The van der Waals surface area contributed by atoms with E-state index >= 15 is 0 Å².